The van der Waals surface area contributed by atoms with Crippen LogP contribution in [0.1, 0.15) is 13.3 Å². The fourth-order valence-electron chi connectivity index (χ4n) is 1.42. The summed E-state index contributed by atoms with van der Waals surface area (Å²) in [6.07, 6.45) is 0.828. The van der Waals surface area contributed by atoms with Crippen LogP contribution < -0.4 is 9.46 Å². The highest BCUT2D eigenvalue weighted by Gasteiger charge is 2.15. The van der Waals surface area contributed by atoms with Gasteiger partial charge < -0.3 is 4.74 Å². The molecule has 0 atom stereocenters. The van der Waals surface area contributed by atoms with Gasteiger partial charge in [-0.15, -0.1) is 0 Å². The fourth-order valence-corrected chi connectivity index (χ4v) is 3.85. The molecule has 0 fully saturated rings. The average molecular weight is 368 g/mol. The monoisotopic (exact) mass is 367 g/mol. The van der Waals surface area contributed by atoms with E-state index < -0.39 is 10.0 Å². The number of methoxy groups -OCH3 is 1. The molecule has 1 aromatic rings. The van der Waals surface area contributed by atoms with Crippen molar-refractivity contribution < 1.29 is 13.2 Å². The van der Waals surface area contributed by atoms with Crippen molar-refractivity contribution in [3.63, 3.8) is 0 Å². The maximum Gasteiger partial charge on any atom is 0.240 e. The van der Waals surface area contributed by atoms with Gasteiger partial charge in [0.2, 0.25) is 10.0 Å². The first-order chi connectivity index (χ1) is 9.01. The van der Waals surface area contributed by atoms with Gasteiger partial charge >= 0.3 is 0 Å². The van der Waals surface area contributed by atoms with E-state index >= 15 is 0 Å². The van der Waals surface area contributed by atoms with Gasteiger partial charge in [0.15, 0.2) is 0 Å². The molecule has 0 aliphatic carbocycles. The standard InChI is InChI=1S/C12H18BrNO3S2/c1-3-18-8-4-7-14-19(15,16)10-5-6-12(17-2)11(13)9-10/h5-6,9,14H,3-4,7-8H2,1-2H3. The maximum absolute atomic E-state index is 12.0. The number of hydrogen-bond acceptors (Lipinski definition) is 4. The second-order valence-electron chi connectivity index (χ2n) is 3.74. The summed E-state index contributed by atoms with van der Waals surface area (Å²) in [6.45, 7) is 2.54. The van der Waals surface area contributed by atoms with Gasteiger partial charge in [0.25, 0.3) is 0 Å². The minimum absolute atomic E-state index is 0.239. The summed E-state index contributed by atoms with van der Waals surface area (Å²) in [5.41, 5.74) is 0. The molecule has 0 radical (unpaired) electrons. The van der Waals surface area contributed by atoms with E-state index in [1.54, 1.807) is 23.9 Å². The first-order valence-electron chi connectivity index (χ1n) is 5.92. The van der Waals surface area contributed by atoms with Gasteiger partial charge in [-0.25, -0.2) is 13.1 Å². The maximum atomic E-state index is 12.0. The molecule has 0 amide bonds. The molecule has 0 heterocycles. The van der Waals surface area contributed by atoms with E-state index in [9.17, 15) is 8.42 Å². The van der Waals surface area contributed by atoms with Crippen molar-refractivity contribution >= 4 is 37.7 Å². The molecule has 1 rings (SSSR count). The van der Waals surface area contributed by atoms with Crippen LogP contribution in [0.5, 0.6) is 5.75 Å². The van der Waals surface area contributed by atoms with Crippen molar-refractivity contribution in [1.29, 1.82) is 0 Å². The Kier molecular flexibility index (Phi) is 7.20. The van der Waals surface area contributed by atoms with E-state index in [1.165, 1.54) is 13.2 Å². The van der Waals surface area contributed by atoms with Crippen molar-refractivity contribution in [3.05, 3.63) is 22.7 Å². The summed E-state index contributed by atoms with van der Waals surface area (Å²) in [6, 6.07) is 4.71. The Morgan fingerprint density at radius 1 is 1.42 bits per heavy atom. The summed E-state index contributed by atoms with van der Waals surface area (Å²) in [4.78, 5) is 0.239. The molecule has 0 aromatic heterocycles. The lowest BCUT2D eigenvalue weighted by molar-refractivity contribution is 0.411. The van der Waals surface area contributed by atoms with E-state index in [0.29, 0.717) is 16.8 Å². The van der Waals surface area contributed by atoms with Crippen molar-refractivity contribution in [3.8, 4) is 5.75 Å². The highest BCUT2D eigenvalue weighted by atomic mass is 79.9. The lowest BCUT2D eigenvalue weighted by Gasteiger charge is -2.09. The molecule has 4 nitrogen and oxygen atoms in total. The Bertz CT molecular complexity index is 506. The van der Waals surface area contributed by atoms with E-state index in [-0.39, 0.29) is 4.90 Å². The van der Waals surface area contributed by atoms with E-state index in [2.05, 4.69) is 27.6 Å². The first kappa shape index (κ1) is 16.8. The Labute approximate surface area is 127 Å². The third-order valence-corrected chi connectivity index (χ3v) is 5.46. The first-order valence-corrected chi connectivity index (χ1v) is 9.35. The van der Waals surface area contributed by atoms with Gasteiger partial charge in [-0.05, 0) is 52.1 Å². The minimum atomic E-state index is -3.44. The van der Waals surface area contributed by atoms with Gasteiger partial charge in [0, 0.05) is 6.54 Å². The van der Waals surface area contributed by atoms with Crippen LogP contribution >= 0.6 is 27.7 Å². The van der Waals surface area contributed by atoms with Crippen LogP contribution in [0.2, 0.25) is 0 Å². The van der Waals surface area contributed by atoms with Crippen molar-refractivity contribution in [2.24, 2.45) is 0 Å². The van der Waals surface area contributed by atoms with Crippen LogP contribution in [0.15, 0.2) is 27.6 Å². The van der Waals surface area contributed by atoms with Crippen LogP contribution in [0.4, 0.5) is 0 Å². The SMILES string of the molecule is CCSCCCNS(=O)(=O)c1ccc(OC)c(Br)c1. The van der Waals surface area contributed by atoms with Gasteiger partial charge in [0.1, 0.15) is 5.75 Å². The van der Waals surface area contributed by atoms with Gasteiger partial charge in [-0.2, -0.15) is 11.8 Å². The van der Waals surface area contributed by atoms with Gasteiger partial charge in [0.05, 0.1) is 16.5 Å². The third kappa shape index (κ3) is 5.33. The molecule has 0 aliphatic heterocycles. The zero-order valence-corrected chi connectivity index (χ0v) is 14.2. The molecule has 0 unspecified atom stereocenters. The molecule has 0 aliphatic rings. The number of thioether (sulfide) groups is 1. The number of sulfonamides is 1. The van der Waals surface area contributed by atoms with E-state index in [1.807, 2.05) is 0 Å². The number of rotatable bonds is 8. The average Bonchev–Trinajstić information content (AvgIpc) is 2.38. The Balaban J connectivity index is 2.64. The van der Waals surface area contributed by atoms with Crippen LogP contribution in [0.25, 0.3) is 0 Å². The summed E-state index contributed by atoms with van der Waals surface area (Å²) in [7, 11) is -1.90. The fraction of sp³-hybridized carbons (Fsp3) is 0.500. The van der Waals surface area contributed by atoms with Gasteiger partial charge in [-0.1, -0.05) is 6.92 Å². The highest BCUT2D eigenvalue weighted by molar-refractivity contribution is 9.10. The predicted octanol–water partition coefficient (Wildman–Crippen LogP) is 2.88. The Morgan fingerprint density at radius 2 is 2.16 bits per heavy atom. The zero-order valence-electron chi connectivity index (χ0n) is 11.0. The van der Waals surface area contributed by atoms with E-state index in [0.717, 1.165) is 17.9 Å². The molecular weight excluding hydrogens is 350 g/mol. The smallest absolute Gasteiger partial charge is 0.240 e. The van der Waals surface area contributed by atoms with Crippen molar-refractivity contribution in [1.82, 2.24) is 4.72 Å². The summed E-state index contributed by atoms with van der Waals surface area (Å²) < 4.78 is 32.4. The number of nitrogens with one attached hydrogen (secondary N) is 1. The van der Waals surface area contributed by atoms with Crippen molar-refractivity contribution in [2.45, 2.75) is 18.2 Å². The summed E-state index contributed by atoms with van der Waals surface area (Å²) in [5.74, 6) is 2.63. The topological polar surface area (TPSA) is 55.4 Å². The molecule has 0 spiro atoms. The number of ether oxygens (including phenoxy) is 1. The number of hydrogen-bond donors (Lipinski definition) is 1. The largest absolute Gasteiger partial charge is 0.496 e. The lowest BCUT2D eigenvalue weighted by Crippen LogP contribution is -2.25. The van der Waals surface area contributed by atoms with Crippen LogP contribution in [0.3, 0.4) is 0 Å². The second-order valence-corrected chi connectivity index (χ2v) is 7.76. The molecule has 0 saturated carbocycles. The molecule has 7 heteroatoms. The van der Waals surface area contributed by atoms with Crippen LogP contribution in [-0.2, 0) is 10.0 Å². The molecule has 19 heavy (non-hydrogen) atoms. The number of halogens is 1. The van der Waals surface area contributed by atoms with E-state index in [4.69, 9.17) is 4.74 Å². The molecular formula is C12H18BrNO3S2. The zero-order chi connectivity index (χ0) is 14.3. The predicted molar refractivity (Wildman–Crippen MR) is 83.5 cm³/mol. The summed E-state index contributed by atoms with van der Waals surface area (Å²) >= 11 is 5.08. The molecule has 0 bridgehead atoms. The summed E-state index contributed by atoms with van der Waals surface area (Å²) in [5, 5.41) is 0. The molecule has 108 valence electrons. The highest BCUT2D eigenvalue weighted by Crippen LogP contribution is 2.27. The molecule has 0 saturated heterocycles. The molecule has 1 N–H and O–H groups in total. The quantitative estimate of drug-likeness (QED) is 0.717. The molecule has 1 aromatic carbocycles. The minimum Gasteiger partial charge on any atom is -0.496 e. The van der Waals surface area contributed by atoms with Gasteiger partial charge in [-0.3, -0.25) is 0 Å². The normalized spacial score (nSPS) is 11.5. The van der Waals surface area contributed by atoms with Crippen LogP contribution in [0, 0.1) is 0 Å². The Hall–Kier alpha value is -0.240. The second kappa shape index (κ2) is 8.14. The third-order valence-electron chi connectivity index (χ3n) is 2.40. The lowest BCUT2D eigenvalue weighted by atomic mass is 10.3. The van der Waals surface area contributed by atoms with Crippen LogP contribution in [-0.4, -0.2) is 33.6 Å². The number of benzene rings is 1. The van der Waals surface area contributed by atoms with Crippen molar-refractivity contribution in [2.75, 3.05) is 25.2 Å². The Morgan fingerprint density at radius 3 is 2.74 bits per heavy atom.